The first-order chi connectivity index (χ1) is 13.2. The van der Waals surface area contributed by atoms with Crippen molar-refractivity contribution in [1.29, 1.82) is 0 Å². The number of hydrogen-bond donors (Lipinski definition) is 6. The fourth-order valence-corrected chi connectivity index (χ4v) is 1.63. The van der Waals surface area contributed by atoms with Gasteiger partial charge in [0.15, 0.2) is 0 Å². The number of amides is 2. The monoisotopic (exact) mass is 410 g/mol. The van der Waals surface area contributed by atoms with E-state index in [-0.39, 0.29) is 51.9 Å². The zero-order valence-electron chi connectivity index (χ0n) is 16.6. The SMILES string of the molecule is C=C(C)COOCCNC(=O)N(CCO)CCO.CCC(CO)(CO)C(=O)O. The number of hydrogen-bond acceptors (Lipinski definition) is 8. The number of carbonyl (C=O) groups excluding carboxylic acids is 1. The summed E-state index contributed by atoms with van der Waals surface area (Å²) in [4.78, 5) is 32.8. The van der Waals surface area contributed by atoms with Gasteiger partial charge in [0, 0.05) is 19.6 Å². The Morgan fingerprint density at radius 1 is 1.07 bits per heavy atom. The van der Waals surface area contributed by atoms with E-state index in [1.165, 1.54) is 4.90 Å². The van der Waals surface area contributed by atoms with E-state index in [2.05, 4.69) is 11.9 Å². The normalized spacial score (nSPS) is 10.6. The molecule has 0 rings (SSSR count). The third kappa shape index (κ3) is 12.6. The molecule has 0 unspecified atom stereocenters. The van der Waals surface area contributed by atoms with Crippen molar-refractivity contribution in [3.63, 3.8) is 0 Å². The number of nitrogens with one attached hydrogen (secondary N) is 1. The van der Waals surface area contributed by atoms with E-state index in [1.807, 2.05) is 6.92 Å². The van der Waals surface area contributed by atoms with Gasteiger partial charge in [-0.3, -0.25) is 4.79 Å². The maximum Gasteiger partial charge on any atom is 0.317 e. The van der Waals surface area contributed by atoms with Gasteiger partial charge in [0.2, 0.25) is 0 Å². The van der Waals surface area contributed by atoms with Crippen molar-refractivity contribution >= 4 is 12.0 Å². The number of carboxylic acid groups (broad SMARTS) is 1. The van der Waals surface area contributed by atoms with E-state index in [0.29, 0.717) is 6.61 Å². The Balaban J connectivity index is 0. The van der Waals surface area contributed by atoms with Crippen LogP contribution in [0.3, 0.4) is 0 Å². The molecular weight excluding hydrogens is 376 g/mol. The zero-order valence-corrected chi connectivity index (χ0v) is 16.6. The third-order valence-corrected chi connectivity index (χ3v) is 3.61. The number of nitrogens with zero attached hydrogens (tertiary/aromatic N) is 1. The molecule has 0 heterocycles. The molecule has 0 aliphatic carbocycles. The average molecular weight is 410 g/mol. The highest BCUT2D eigenvalue weighted by molar-refractivity contribution is 5.75. The molecular formula is C17H34N2O9. The van der Waals surface area contributed by atoms with E-state index >= 15 is 0 Å². The highest BCUT2D eigenvalue weighted by atomic mass is 17.2. The molecule has 11 heteroatoms. The summed E-state index contributed by atoms with van der Waals surface area (Å²) in [5, 5.41) is 45.8. The van der Waals surface area contributed by atoms with Crippen molar-refractivity contribution in [3.8, 4) is 0 Å². The number of aliphatic hydroxyl groups is 4. The minimum absolute atomic E-state index is 0.147. The summed E-state index contributed by atoms with van der Waals surface area (Å²) in [6.07, 6.45) is 0.231. The molecule has 2 amide bonds. The lowest BCUT2D eigenvalue weighted by Gasteiger charge is -2.21. The average Bonchev–Trinajstić information content (AvgIpc) is 2.66. The Morgan fingerprint density at radius 3 is 1.93 bits per heavy atom. The molecule has 0 aliphatic rings. The number of aliphatic hydroxyl groups excluding tert-OH is 4. The van der Waals surface area contributed by atoms with Gasteiger partial charge in [-0.25, -0.2) is 14.6 Å². The molecule has 0 radical (unpaired) electrons. The minimum Gasteiger partial charge on any atom is -0.481 e. The number of aliphatic carboxylic acids is 1. The molecule has 0 aromatic carbocycles. The topological polar surface area (TPSA) is 169 Å². The number of carboxylic acids is 1. The molecule has 11 nitrogen and oxygen atoms in total. The van der Waals surface area contributed by atoms with Crippen LogP contribution in [0.2, 0.25) is 0 Å². The first-order valence-corrected chi connectivity index (χ1v) is 8.83. The van der Waals surface area contributed by atoms with E-state index in [4.69, 9.17) is 35.3 Å². The van der Waals surface area contributed by atoms with Crippen LogP contribution in [-0.2, 0) is 14.6 Å². The van der Waals surface area contributed by atoms with Gasteiger partial charge in [-0.15, -0.1) is 0 Å². The Labute approximate surface area is 165 Å². The molecule has 0 saturated carbocycles. The van der Waals surface area contributed by atoms with Crippen LogP contribution in [-0.4, -0.2) is 102 Å². The van der Waals surface area contributed by atoms with Gasteiger partial charge in [-0.1, -0.05) is 19.1 Å². The lowest BCUT2D eigenvalue weighted by Crippen LogP contribution is -2.43. The highest BCUT2D eigenvalue weighted by Crippen LogP contribution is 2.19. The lowest BCUT2D eigenvalue weighted by atomic mass is 9.87. The van der Waals surface area contributed by atoms with Crippen LogP contribution in [0.25, 0.3) is 0 Å². The first-order valence-electron chi connectivity index (χ1n) is 8.83. The molecule has 0 aromatic rings. The molecule has 0 spiro atoms. The van der Waals surface area contributed by atoms with Gasteiger partial charge < -0.3 is 35.7 Å². The molecule has 0 saturated heterocycles. The van der Waals surface area contributed by atoms with Gasteiger partial charge in [0.25, 0.3) is 0 Å². The van der Waals surface area contributed by atoms with Crippen molar-refractivity contribution in [2.45, 2.75) is 20.3 Å². The van der Waals surface area contributed by atoms with Crippen LogP contribution in [0.1, 0.15) is 20.3 Å². The summed E-state index contributed by atoms with van der Waals surface area (Å²) < 4.78 is 0. The summed E-state index contributed by atoms with van der Waals surface area (Å²) in [7, 11) is 0. The van der Waals surface area contributed by atoms with Crippen molar-refractivity contribution in [1.82, 2.24) is 10.2 Å². The Morgan fingerprint density at radius 2 is 1.61 bits per heavy atom. The second-order valence-electron chi connectivity index (χ2n) is 5.96. The number of urea groups is 1. The molecule has 0 bridgehead atoms. The van der Waals surface area contributed by atoms with E-state index < -0.39 is 24.6 Å². The molecule has 6 N–H and O–H groups in total. The standard InChI is InChI=1S/C11H22N2O5.C6H12O4/c1-10(2)9-18-17-8-3-12-11(16)13(4-6-14)5-7-15;1-2-6(3-7,4-8)5(9)10/h14-15H,1,3-9H2,2H3,(H,12,16);7-8H,2-4H2,1H3,(H,9,10). The lowest BCUT2D eigenvalue weighted by molar-refractivity contribution is -0.286. The van der Waals surface area contributed by atoms with Crippen molar-refractivity contribution in [3.05, 3.63) is 12.2 Å². The Bertz CT molecular complexity index is 428. The van der Waals surface area contributed by atoms with E-state index in [0.717, 1.165) is 5.57 Å². The zero-order chi connectivity index (χ0) is 22.0. The molecule has 28 heavy (non-hydrogen) atoms. The second-order valence-corrected chi connectivity index (χ2v) is 5.96. The first kappa shape index (κ1) is 28.4. The van der Waals surface area contributed by atoms with Crippen LogP contribution in [0.5, 0.6) is 0 Å². The maximum atomic E-state index is 11.5. The maximum absolute atomic E-state index is 11.5. The van der Waals surface area contributed by atoms with Gasteiger partial charge in [-0.2, -0.15) is 0 Å². The largest absolute Gasteiger partial charge is 0.481 e. The summed E-state index contributed by atoms with van der Waals surface area (Å²) in [5.74, 6) is -1.15. The van der Waals surface area contributed by atoms with Crippen molar-refractivity contribution in [2.24, 2.45) is 5.41 Å². The third-order valence-electron chi connectivity index (χ3n) is 3.61. The predicted octanol–water partition coefficient (Wildman–Crippen LogP) is -1.04. The summed E-state index contributed by atoms with van der Waals surface area (Å²) in [5.41, 5.74) is -0.504. The predicted molar refractivity (Wildman–Crippen MR) is 100 cm³/mol. The molecule has 0 fully saturated rings. The Kier molecular flexibility index (Phi) is 17.6. The van der Waals surface area contributed by atoms with Crippen LogP contribution in [0, 0.1) is 5.41 Å². The fraction of sp³-hybridized carbons (Fsp3) is 0.765. The number of rotatable bonds is 14. The van der Waals surface area contributed by atoms with Crippen LogP contribution >= 0.6 is 0 Å². The van der Waals surface area contributed by atoms with Gasteiger partial charge in [0.05, 0.1) is 33.0 Å². The Hall–Kier alpha value is -1.76. The second kappa shape index (κ2) is 17.3. The van der Waals surface area contributed by atoms with Crippen LogP contribution in [0.15, 0.2) is 12.2 Å². The smallest absolute Gasteiger partial charge is 0.317 e. The van der Waals surface area contributed by atoms with E-state index in [1.54, 1.807) is 6.92 Å². The summed E-state index contributed by atoms with van der Waals surface area (Å²) in [6, 6.07) is -0.360. The minimum atomic E-state index is -1.35. The molecule has 0 atom stereocenters. The van der Waals surface area contributed by atoms with Crippen molar-refractivity contribution in [2.75, 3.05) is 59.3 Å². The molecule has 166 valence electrons. The van der Waals surface area contributed by atoms with Gasteiger partial charge in [0.1, 0.15) is 12.0 Å². The summed E-state index contributed by atoms with van der Waals surface area (Å²) >= 11 is 0. The molecule has 0 aliphatic heterocycles. The van der Waals surface area contributed by atoms with E-state index in [9.17, 15) is 9.59 Å². The quantitative estimate of drug-likeness (QED) is 0.0906. The summed E-state index contributed by atoms with van der Waals surface area (Å²) in [6.45, 7) is 6.90. The van der Waals surface area contributed by atoms with Crippen LogP contribution in [0.4, 0.5) is 4.79 Å². The van der Waals surface area contributed by atoms with Crippen molar-refractivity contribution < 1.29 is 44.9 Å². The molecule has 0 aromatic heterocycles. The fourth-order valence-electron chi connectivity index (χ4n) is 1.63. The van der Waals surface area contributed by atoms with Gasteiger partial charge >= 0.3 is 12.0 Å². The van der Waals surface area contributed by atoms with Crippen LogP contribution < -0.4 is 5.32 Å². The number of carbonyl (C=O) groups is 2. The highest BCUT2D eigenvalue weighted by Gasteiger charge is 2.35. The van der Waals surface area contributed by atoms with Gasteiger partial charge in [-0.05, 0) is 13.3 Å².